The molecule has 100 valence electrons. The lowest BCUT2D eigenvalue weighted by molar-refractivity contribution is 0.292. The van der Waals surface area contributed by atoms with Crippen LogP contribution in [-0.2, 0) is 5.67 Å². The summed E-state index contributed by atoms with van der Waals surface area (Å²) in [5.74, 6) is 0.152. The molecule has 1 aromatic rings. The second-order valence-electron chi connectivity index (χ2n) is 5.62. The first-order valence-electron chi connectivity index (χ1n) is 6.75. The van der Waals surface area contributed by atoms with E-state index in [0.717, 1.165) is 16.7 Å². The van der Waals surface area contributed by atoms with E-state index in [4.69, 9.17) is 0 Å². The first-order chi connectivity index (χ1) is 8.97. The highest BCUT2D eigenvalue weighted by atomic mass is 19.1. The van der Waals surface area contributed by atoms with Crippen LogP contribution in [0.5, 0.6) is 0 Å². The highest BCUT2D eigenvalue weighted by Crippen LogP contribution is 2.55. The Morgan fingerprint density at radius 3 is 2.32 bits per heavy atom. The van der Waals surface area contributed by atoms with Crippen molar-refractivity contribution in [3.8, 4) is 0 Å². The number of hydrogen-bond donors (Lipinski definition) is 0. The average molecular weight is 256 g/mol. The summed E-state index contributed by atoms with van der Waals surface area (Å²) in [6, 6.07) is 7.82. The van der Waals surface area contributed by atoms with Gasteiger partial charge in [-0.1, -0.05) is 61.6 Å². The zero-order chi connectivity index (χ0) is 14.0. The van der Waals surface area contributed by atoms with Gasteiger partial charge in [-0.25, -0.2) is 4.39 Å². The normalized spacial score (nSPS) is 25.9. The summed E-state index contributed by atoms with van der Waals surface area (Å²) in [5, 5.41) is 0. The molecule has 0 spiro atoms. The summed E-state index contributed by atoms with van der Waals surface area (Å²) in [4.78, 5) is 0. The first kappa shape index (κ1) is 13.8. The zero-order valence-corrected chi connectivity index (χ0v) is 11.9. The van der Waals surface area contributed by atoms with Gasteiger partial charge >= 0.3 is 0 Å². The van der Waals surface area contributed by atoms with Crippen LogP contribution in [-0.4, -0.2) is 0 Å². The van der Waals surface area contributed by atoms with E-state index in [1.165, 1.54) is 5.57 Å². The summed E-state index contributed by atoms with van der Waals surface area (Å²) < 4.78 is 14.3. The molecule has 0 nitrogen and oxygen atoms in total. The monoisotopic (exact) mass is 256 g/mol. The van der Waals surface area contributed by atoms with Crippen molar-refractivity contribution in [2.75, 3.05) is 0 Å². The van der Waals surface area contributed by atoms with Crippen molar-refractivity contribution in [2.24, 2.45) is 5.92 Å². The van der Waals surface area contributed by atoms with Crippen LogP contribution in [0.25, 0.3) is 5.57 Å². The molecule has 0 aliphatic heterocycles. The molecule has 2 atom stereocenters. The summed E-state index contributed by atoms with van der Waals surface area (Å²) in [6.45, 7) is 9.83. The molecule has 1 aromatic carbocycles. The molecule has 1 aliphatic rings. The molecular formula is C18H21F. The Morgan fingerprint density at radius 1 is 1.32 bits per heavy atom. The third-order valence-electron chi connectivity index (χ3n) is 3.66. The van der Waals surface area contributed by atoms with Crippen LogP contribution in [0.1, 0.15) is 38.3 Å². The van der Waals surface area contributed by atoms with E-state index in [0.29, 0.717) is 6.42 Å². The minimum atomic E-state index is -1.09. The zero-order valence-electron chi connectivity index (χ0n) is 11.9. The fraction of sp³-hybridized carbons (Fsp3) is 0.333. The minimum Gasteiger partial charge on any atom is -0.238 e. The molecule has 2 unspecified atom stereocenters. The Bertz CT molecular complexity index is 529. The number of alkyl halides is 1. The SMILES string of the molecule is C=C/C=C(\C=C(C)C)c1ccc(C2(F)CC2C)cc1. The van der Waals surface area contributed by atoms with E-state index in [-0.39, 0.29) is 5.92 Å². The molecule has 19 heavy (non-hydrogen) atoms. The second-order valence-corrected chi connectivity index (χ2v) is 5.62. The van der Waals surface area contributed by atoms with Gasteiger partial charge < -0.3 is 0 Å². The number of halogens is 1. The van der Waals surface area contributed by atoms with Crippen molar-refractivity contribution >= 4 is 5.57 Å². The number of rotatable bonds is 4. The summed E-state index contributed by atoms with van der Waals surface area (Å²) in [7, 11) is 0. The van der Waals surface area contributed by atoms with Crippen molar-refractivity contribution in [1.29, 1.82) is 0 Å². The molecule has 1 heteroatoms. The van der Waals surface area contributed by atoms with E-state index < -0.39 is 5.67 Å². The molecular weight excluding hydrogens is 235 g/mol. The standard InChI is InChI=1S/C18H21F/c1-5-6-16(11-13(2)3)15-7-9-17(10-8-15)18(19)12-14(18)4/h5-11,14H,1,12H2,2-4H3/b16-6+. The van der Waals surface area contributed by atoms with E-state index in [2.05, 4.69) is 26.5 Å². The first-order valence-corrected chi connectivity index (χ1v) is 6.75. The van der Waals surface area contributed by atoms with Gasteiger partial charge in [0.1, 0.15) is 5.67 Å². The quantitative estimate of drug-likeness (QED) is 0.630. The molecule has 0 bridgehead atoms. The lowest BCUT2D eigenvalue weighted by Gasteiger charge is -2.09. The lowest BCUT2D eigenvalue weighted by Crippen LogP contribution is -2.00. The van der Waals surface area contributed by atoms with Crippen LogP contribution in [0, 0.1) is 5.92 Å². The topological polar surface area (TPSA) is 0 Å². The molecule has 0 aromatic heterocycles. The highest BCUT2D eigenvalue weighted by Gasteiger charge is 2.53. The largest absolute Gasteiger partial charge is 0.238 e. The van der Waals surface area contributed by atoms with Crippen LogP contribution < -0.4 is 0 Å². The van der Waals surface area contributed by atoms with Gasteiger partial charge in [0.05, 0.1) is 0 Å². The maximum atomic E-state index is 14.3. The van der Waals surface area contributed by atoms with E-state index in [1.807, 2.05) is 37.3 Å². The molecule has 1 aliphatic carbocycles. The van der Waals surface area contributed by atoms with Gasteiger partial charge in [0.25, 0.3) is 0 Å². The Balaban J connectivity index is 2.29. The van der Waals surface area contributed by atoms with Gasteiger partial charge in [0.2, 0.25) is 0 Å². The Morgan fingerprint density at radius 2 is 1.89 bits per heavy atom. The van der Waals surface area contributed by atoms with Gasteiger partial charge in [-0.05, 0) is 42.9 Å². The molecule has 1 fully saturated rings. The number of benzene rings is 1. The van der Waals surface area contributed by atoms with Crippen molar-refractivity contribution in [3.05, 3.63) is 65.8 Å². The third kappa shape index (κ3) is 2.86. The molecule has 0 saturated heterocycles. The minimum absolute atomic E-state index is 0.152. The van der Waals surface area contributed by atoms with Gasteiger partial charge in [0.15, 0.2) is 0 Å². The van der Waals surface area contributed by atoms with Gasteiger partial charge in [-0.2, -0.15) is 0 Å². The average Bonchev–Trinajstić information content (AvgIpc) is 2.98. The Hall–Kier alpha value is -1.63. The Labute approximate surface area is 115 Å². The summed E-state index contributed by atoms with van der Waals surface area (Å²) >= 11 is 0. The maximum absolute atomic E-state index is 14.3. The number of allylic oxidation sites excluding steroid dienone is 5. The molecule has 1 saturated carbocycles. The predicted octanol–water partition coefficient (Wildman–Crippen LogP) is 5.43. The second kappa shape index (κ2) is 5.16. The maximum Gasteiger partial charge on any atom is 0.139 e. The highest BCUT2D eigenvalue weighted by molar-refractivity contribution is 5.75. The van der Waals surface area contributed by atoms with Crippen molar-refractivity contribution in [1.82, 2.24) is 0 Å². The van der Waals surface area contributed by atoms with Crippen LogP contribution in [0.4, 0.5) is 4.39 Å². The summed E-state index contributed by atoms with van der Waals surface area (Å²) in [6.07, 6.45) is 6.52. The van der Waals surface area contributed by atoms with Gasteiger partial charge in [-0.15, -0.1) is 0 Å². The van der Waals surface area contributed by atoms with Crippen molar-refractivity contribution < 1.29 is 4.39 Å². The predicted molar refractivity (Wildman–Crippen MR) is 80.6 cm³/mol. The molecule has 0 radical (unpaired) electrons. The molecule has 0 N–H and O–H groups in total. The number of hydrogen-bond acceptors (Lipinski definition) is 0. The molecule has 0 heterocycles. The van der Waals surface area contributed by atoms with Crippen LogP contribution in [0.3, 0.4) is 0 Å². The summed E-state index contributed by atoms with van der Waals surface area (Å²) in [5.41, 5.74) is 3.16. The van der Waals surface area contributed by atoms with Crippen LogP contribution >= 0.6 is 0 Å². The molecule has 2 rings (SSSR count). The third-order valence-corrected chi connectivity index (χ3v) is 3.66. The fourth-order valence-corrected chi connectivity index (χ4v) is 2.39. The molecule has 0 amide bonds. The smallest absolute Gasteiger partial charge is 0.139 e. The van der Waals surface area contributed by atoms with Crippen molar-refractivity contribution in [3.63, 3.8) is 0 Å². The fourth-order valence-electron chi connectivity index (χ4n) is 2.39. The van der Waals surface area contributed by atoms with E-state index in [9.17, 15) is 4.39 Å². The van der Waals surface area contributed by atoms with Gasteiger partial charge in [0, 0.05) is 0 Å². The van der Waals surface area contributed by atoms with Crippen LogP contribution in [0.15, 0.2) is 54.6 Å². The van der Waals surface area contributed by atoms with Gasteiger partial charge in [-0.3, -0.25) is 0 Å². The van der Waals surface area contributed by atoms with Crippen LogP contribution in [0.2, 0.25) is 0 Å². The lowest BCUT2D eigenvalue weighted by atomic mass is 9.99. The Kier molecular flexibility index (Phi) is 3.75. The van der Waals surface area contributed by atoms with E-state index >= 15 is 0 Å². The van der Waals surface area contributed by atoms with Crippen molar-refractivity contribution in [2.45, 2.75) is 32.9 Å². The van der Waals surface area contributed by atoms with E-state index in [1.54, 1.807) is 6.08 Å².